The Hall–Kier alpha value is -4.13. The number of hydrogen-bond donors (Lipinski definition) is 2. The van der Waals surface area contributed by atoms with Crippen LogP contribution in [0.5, 0.6) is 0 Å². The summed E-state index contributed by atoms with van der Waals surface area (Å²) in [7, 11) is 0. The number of rotatable bonds is 5. The second-order valence-electron chi connectivity index (χ2n) is 8.87. The topological polar surface area (TPSA) is 86.9 Å². The quantitative estimate of drug-likeness (QED) is 0.454. The monoisotopic (exact) mass is 454 g/mol. The predicted octanol–water partition coefficient (Wildman–Crippen LogP) is 4.70. The smallest absolute Gasteiger partial charge is 0.337 e. The molecule has 2 aromatic carbocycles. The third-order valence-electron chi connectivity index (χ3n) is 6.43. The number of hydrogen-bond acceptors (Lipinski definition) is 5. The summed E-state index contributed by atoms with van der Waals surface area (Å²) in [6.45, 7) is 7.13. The molecule has 0 fully saturated rings. The van der Waals surface area contributed by atoms with Crippen molar-refractivity contribution in [1.82, 2.24) is 9.38 Å². The molecule has 7 nitrogen and oxygen atoms in total. The number of aromatic carboxylic acids is 1. The highest BCUT2D eigenvalue weighted by Crippen LogP contribution is 2.30. The molecule has 4 aromatic rings. The van der Waals surface area contributed by atoms with Gasteiger partial charge in [-0.05, 0) is 55.7 Å². The van der Waals surface area contributed by atoms with Crippen molar-refractivity contribution in [2.24, 2.45) is 0 Å². The first-order valence-corrected chi connectivity index (χ1v) is 11.3. The van der Waals surface area contributed by atoms with Crippen LogP contribution in [-0.4, -0.2) is 20.5 Å². The van der Waals surface area contributed by atoms with Gasteiger partial charge in [-0.3, -0.25) is 9.20 Å². The van der Waals surface area contributed by atoms with Gasteiger partial charge in [0.25, 0.3) is 5.56 Å². The summed E-state index contributed by atoms with van der Waals surface area (Å²) in [6, 6.07) is 16.8. The highest BCUT2D eigenvalue weighted by molar-refractivity contribution is 5.94. The number of carbonyl (C=O) groups is 1. The third kappa shape index (κ3) is 3.69. The van der Waals surface area contributed by atoms with E-state index < -0.39 is 5.97 Å². The Bertz CT molecular complexity index is 1470. The minimum absolute atomic E-state index is 0.0981. The van der Waals surface area contributed by atoms with Gasteiger partial charge in [0.05, 0.1) is 17.2 Å². The van der Waals surface area contributed by atoms with Crippen molar-refractivity contribution in [3.8, 4) is 0 Å². The normalized spacial score (nSPS) is 13.7. The van der Waals surface area contributed by atoms with Crippen LogP contribution >= 0.6 is 0 Å². The summed E-state index contributed by atoms with van der Waals surface area (Å²) < 4.78 is 1.61. The minimum Gasteiger partial charge on any atom is -0.478 e. The molecule has 0 bridgehead atoms. The highest BCUT2D eigenvalue weighted by Gasteiger charge is 2.24. The fourth-order valence-corrected chi connectivity index (χ4v) is 4.70. The van der Waals surface area contributed by atoms with E-state index in [0.29, 0.717) is 35.8 Å². The number of fused-ring (bicyclic) bond motifs is 2. The molecule has 1 atom stereocenters. The molecule has 1 unspecified atom stereocenters. The lowest BCUT2D eigenvalue weighted by Gasteiger charge is -2.23. The Kier molecular flexibility index (Phi) is 5.32. The van der Waals surface area contributed by atoms with Gasteiger partial charge in [0.15, 0.2) is 0 Å². The van der Waals surface area contributed by atoms with Gasteiger partial charge in [0.2, 0.25) is 0 Å². The van der Waals surface area contributed by atoms with Crippen molar-refractivity contribution < 1.29 is 9.90 Å². The Morgan fingerprint density at radius 1 is 1.06 bits per heavy atom. The number of carboxylic acids is 1. The molecule has 0 saturated heterocycles. The number of nitrogens with one attached hydrogen (secondary N) is 1. The van der Waals surface area contributed by atoms with E-state index in [9.17, 15) is 14.7 Å². The first-order valence-electron chi connectivity index (χ1n) is 11.3. The van der Waals surface area contributed by atoms with Crippen molar-refractivity contribution in [3.05, 3.63) is 105 Å². The molecule has 0 amide bonds. The second kappa shape index (κ2) is 8.33. The zero-order valence-corrected chi connectivity index (χ0v) is 19.4. The highest BCUT2D eigenvalue weighted by atomic mass is 16.4. The number of pyridine rings is 1. The maximum absolute atomic E-state index is 13.4. The summed E-state index contributed by atoms with van der Waals surface area (Å²) in [5.41, 5.74) is 6.04. The number of benzene rings is 2. The van der Waals surface area contributed by atoms with Gasteiger partial charge in [0, 0.05) is 30.5 Å². The number of aryl methyl sites for hydroxylation is 1. The van der Waals surface area contributed by atoms with Gasteiger partial charge in [-0.1, -0.05) is 36.4 Å². The van der Waals surface area contributed by atoms with E-state index in [-0.39, 0.29) is 17.2 Å². The molecule has 0 spiro atoms. The van der Waals surface area contributed by atoms with Crippen molar-refractivity contribution in [3.63, 3.8) is 0 Å². The number of aromatic nitrogens is 2. The van der Waals surface area contributed by atoms with Crippen LogP contribution in [0.25, 0.3) is 5.65 Å². The molecule has 1 aliphatic heterocycles. The van der Waals surface area contributed by atoms with Crippen molar-refractivity contribution in [1.29, 1.82) is 0 Å². The summed E-state index contributed by atoms with van der Waals surface area (Å²) in [6.07, 6.45) is 1.81. The summed E-state index contributed by atoms with van der Waals surface area (Å²) in [5.74, 6) is -0.310. The van der Waals surface area contributed by atoms with Crippen LogP contribution in [0.2, 0.25) is 0 Å². The summed E-state index contributed by atoms with van der Waals surface area (Å²) >= 11 is 0. The number of nitrogens with zero attached hydrogens (tertiary/aromatic N) is 3. The average Bonchev–Trinajstić information content (AvgIpc) is 3.25. The van der Waals surface area contributed by atoms with Crippen LogP contribution < -0.4 is 15.8 Å². The van der Waals surface area contributed by atoms with E-state index in [0.717, 1.165) is 11.1 Å². The zero-order chi connectivity index (χ0) is 24.0. The van der Waals surface area contributed by atoms with E-state index in [2.05, 4.69) is 22.3 Å². The maximum Gasteiger partial charge on any atom is 0.337 e. The predicted molar refractivity (Wildman–Crippen MR) is 133 cm³/mol. The van der Waals surface area contributed by atoms with Gasteiger partial charge in [-0.25, -0.2) is 9.78 Å². The lowest BCUT2D eigenvalue weighted by Crippen LogP contribution is -2.27. The van der Waals surface area contributed by atoms with Crippen LogP contribution in [0.15, 0.2) is 65.6 Å². The fourth-order valence-electron chi connectivity index (χ4n) is 4.70. The molecule has 0 aliphatic carbocycles. The first kappa shape index (κ1) is 21.7. The van der Waals surface area contributed by atoms with E-state index in [1.165, 1.54) is 11.1 Å². The largest absolute Gasteiger partial charge is 0.478 e. The van der Waals surface area contributed by atoms with Crippen molar-refractivity contribution >= 4 is 23.1 Å². The molecular formula is C27H26N4O3. The Balaban J connectivity index is 1.60. The molecule has 3 heterocycles. The van der Waals surface area contributed by atoms with E-state index in [1.54, 1.807) is 28.7 Å². The van der Waals surface area contributed by atoms with E-state index >= 15 is 0 Å². The zero-order valence-electron chi connectivity index (χ0n) is 19.4. The summed E-state index contributed by atoms with van der Waals surface area (Å²) in [4.78, 5) is 32.2. The first-order chi connectivity index (χ1) is 16.3. The van der Waals surface area contributed by atoms with Gasteiger partial charge in [0.1, 0.15) is 11.5 Å². The van der Waals surface area contributed by atoms with Crippen LogP contribution in [0.1, 0.15) is 51.1 Å². The SMILES string of the molecule is Cc1cc(C(C)Nc2ccccc2C(=O)O)c2nc(N3Cc4ccccc4C3)c(C)c(=O)n2c1. The molecule has 2 aromatic heterocycles. The van der Waals surface area contributed by atoms with E-state index in [1.807, 2.05) is 45.2 Å². The third-order valence-corrected chi connectivity index (χ3v) is 6.43. The lowest BCUT2D eigenvalue weighted by molar-refractivity contribution is 0.0698. The molecule has 2 N–H and O–H groups in total. The molecule has 172 valence electrons. The molecule has 5 rings (SSSR count). The van der Waals surface area contributed by atoms with Crippen LogP contribution in [0.3, 0.4) is 0 Å². The standard InChI is InChI=1S/C27H26N4O3/c1-16-12-22(18(3)28-23-11-7-6-10-21(23)27(33)34)25-29-24(17(2)26(32)31(25)13-16)30-14-19-8-4-5-9-20(19)15-30/h4-13,18,28H,14-15H2,1-3H3,(H,33,34). The molecule has 1 aliphatic rings. The maximum atomic E-state index is 13.4. The van der Waals surface area contributed by atoms with Crippen molar-refractivity contribution in [2.45, 2.75) is 39.9 Å². The van der Waals surface area contributed by atoms with E-state index in [4.69, 9.17) is 4.98 Å². The average molecular weight is 455 g/mol. The van der Waals surface area contributed by atoms with Gasteiger partial charge >= 0.3 is 5.97 Å². The molecule has 34 heavy (non-hydrogen) atoms. The Morgan fingerprint density at radius 3 is 2.38 bits per heavy atom. The van der Waals surface area contributed by atoms with Crippen LogP contribution in [0, 0.1) is 13.8 Å². The Labute approximate surface area is 197 Å². The number of para-hydroxylation sites is 1. The van der Waals surface area contributed by atoms with Crippen molar-refractivity contribution in [2.75, 3.05) is 10.2 Å². The van der Waals surface area contributed by atoms with Gasteiger partial charge in [-0.15, -0.1) is 0 Å². The number of carboxylic acid groups (broad SMARTS) is 1. The molecule has 0 radical (unpaired) electrons. The van der Waals surface area contributed by atoms with Crippen LogP contribution in [-0.2, 0) is 13.1 Å². The molecule has 7 heteroatoms. The molecular weight excluding hydrogens is 428 g/mol. The van der Waals surface area contributed by atoms with Gasteiger partial charge < -0.3 is 15.3 Å². The lowest BCUT2D eigenvalue weighted by atomic mass is 10.1. The number of anilines is 2. The van der Waals surface area contributed by atoms with Gasteiger partial charge in [-0.2, -0.15) is 0 Å². The Morgan fingerprint density at radius 2 is 1.71 bits per heavy atom. The van der Waals surface area contributed by atoms with Crippen LogP contribution in [0.4, 0.5) is 11.5 Å². The molecule has 0 saturated carbocycles. The fraction of sp³-hybridized carbons (Fsp3) is 0.222. The minimum atomic E-state index is -0.995. The second-order valence-corrected chi connectivity index (χ2v) is 8.87. The summed E-state index contributed by atoms with van der Waals surface area (Å²) in [5, 5.41) is 12.9.